The molecule has 1 atom stereocenters. The number of hydrogen-bond acceptors (Lipinski definition) is 2. The Labute approximate surface area is 112 Å². The number of benzene rings is 1. The van der Waals surface area contributed by atoms with Gasteiger partial charge in [-0.25, -0.2) is 9.37 Å². The zero-order chi connectivity index (χ0) is 13.6. The molecule has 0 aliphatic heterocycles. The number of fused-ring (bicyclic) bond motifs is 1. The highest BCUT2D eigenvalue weighted by molar-refractivity contribution is 5.76. The second kappa shape index (κ2) is 4.30. The normalized spacial score (nSPS) is 18.7. The maximum atomic E-state index is 13.5. The molecule has 1 unspecified atom stereocenters. The third-order valence-corrected chi connectivity index (χ3v) is 4.33. The summed E-state index contributed by atoms with van der Waals surface area (Å²) < 4.78 is 15.7. The Kier molecular flexibility index (Phi) is 2.86. The number of rotatable bonds is 4. The van der Waals surface area contributed by atoms with Crippen LogP contribution in [0.2, 0.25) is 0 Å². The van der Waals surface area contributed by atoms with E-state index in [-0.39, 0.29) is 11.2 Å². The van der Waals surface area contributed by atoms with Crippen molar-refractivity contribution < 1.29 is 4.39 Å². The van der Waals surface area contributed by atoms with Gasteiger partial charge in [-0.1, -0.05) is 13.8 Å². The summed E-state index contributed by atoms with van der Waals surface area (Å²) in [7, 11) is 0. The number of hydrogen-bond donors (Lipinski definition) is 1. The lowest BCUT2D eigenvalue weighted by molar-refractivity contribution is 0.418. The van der Waals surface area contributed by atoms with Gasteiger partial charge < -0.3 is 10.3 Å². The summed E-state index contributed by atoms with van der Waals surface area (Å²) in [6.45, 7) is 4.83. The van der Waals surface area contributed by atoms with Crippen LogP contribution in [-0.2, 0) is 5.41 Å². The molecule has 1 heterocycles. The monoisotopic (exact) mass is 261 g/mol. The smallest absolute Gasteiger partial charge is 0.125 e. The highest BCUT2D eigenvalue weighted by Gasteiger charge is 2.35. The van der Waals surface area contributed by atoms with E-state index in [0.717, 1.165) is 36.1 Å². The first-order valence-electron chi connectivity index (χ1n) is 6.97. The number of nitrogens with two attached hydrogens (primary N) is 1. The molecule has 102 valence electrons. The molecule has 19 heavy (non-hydrogen) atoms. The van der Waals surface area contributed by atoms with Crippen molar-refractivity contribution in [3.05, 3.63) is 29.8 Å². The number of nitrogens with zero attached hydrogens (tertiary/aromatic N) is 2. The highest BCUT2D eigenvalue weighted by Crippen LogP contribution is 2.42. The number of imidazole rings is 1. The first kappa shape index (κ1) is 12.6. The summed E-state index contributed by atoms with van der Waals surface area (Å²) in [4.78, 5) is 4.75. The third kappa shape index (κ3) is 1.94. The van der Waals surface area contributed by atoms with Gasteiger partial charge in [-0.15, -0.1) is 0 Å². The molecule has 0 saturated heterocycles. The molecule has 0 bridgehead atoms. The van der Waals surface area contributed by atoms with Gasteiger partial charge in [0, 0.05) is 18.0 Å². The van der Waals surface area contributed by atoms with Crippen molar-refractivity contribution in [2.24, 2.45) is 5.73 Å². The molecule has 1 aliphatic rings. The molecule has 1 fully saturated rings. The molecule has 4 heteroatoms. The minimum absolute atomic E-state index is 0.141. The second-order valence-electron chi connectivity index (χ2n) is 5.79. The van der Waals surface area contributed by atoms with E-state index in [2.05, 4.69) is 18.4 Å². The fourth-order valence-corrected chi connectivity index (χ4v) is 2.59. The predicted octanol–water partition coefficient (Wildman–Crippen LogP) is 3.14. The van der Waals surface area contributed by atoms with Gasteiger partial charge >= 0.3 is 0 Å². The number of halogens is 1. The van der Waals surface area contributed by atoms with Crippen LogP contribution >= 0.6 is 0 Å². The van der Waals surface area contributed by atoms with Crippen LogP contribution < -0.4 is 5.73 Å². The van der Waals surface area contributed by atoms with E-state index in [0.29, 0.717) is 12.6 Å². The standard InChI is InChI=1S/C15H20FN3/c1-3-15(2,9-17)14-18-12-7-4-10(16)8-13(12)19(14)11-5-6-11/h4,7-8,11H,3,5-6,9,17H2,1-2H3. The minimum atomic E-state index is -0.202. The fourth-order valence-electron chi connectivity index (χ4n) is 2.59. The van der Waals surface area contributed by atoms with Gasteiger partial charge in [-0.05, 0) is 37.5 Å². The molecule has 0 radical (unpaired) electrons. The van der Waals surface area contributed by atoms with Crippen LogP contribution in [-0.4, -0.2) is 16.1 Å². The largest absolute Gasteiger partial charge is 0.329 e. The van der Waals surface area contributed by atoms with Crippen LogP contribution in [0.4, 0.5) is 4.39 Å². The molecule has 1 aromatic heterocycles. The Hall–Kier alpha value is -1.42. The molecule has 2 N–H and O–H groups in total. The van der Waals surface area contributed by atoms with Crippen molar-refractivity contribution in [2.75, 3.05) is 6.54 Å². The summed E-state index contributed by atoms with van der Waals surface area (Å²) in [5, 5.41) is 0. The Morgan fingerprint density at radius 2 is 2.21 bits per heavy atom. The molecule has 3 rings (SSSR count). The predicted molar refractivity (Wildman–Crippen MR) is 74.7 cm³/mol. The van der Waals surface area contributed by atoms with Crippen LogP contribution in [0.25, 0.3) is 11.0 Å². The molecule has 1 aromatic carbocycles. The molecule has 1 aliphatic carbocycles. The van der Waals surface area contributed by atoms with Crippen molar-refractivity contribution in [1.29, 1.82) is 0 Å². The van der Waals surface area contributed by atoms with E-state index in [1.807, 2.05) is 0 Å². The van der Waals surface area contributed by atoms with Gasteiger partial charge in [0.1, 0.15) is 11.6 Å². The summed E-state index contributed by atoms with van der Waals surface area (Å²) in [6.07, 6.45) is 3.24. The van der Waals surface area contributed by atoms with Crippen LogP contribution in [0.3, 0.4) is 0 Å². The second-order valence-corrected chi connectivity index (χ2v) is 5.79. The topological polar surface area (TPSA) is 43.8 Å². The molecule has 3 nitrogen and oxygen atoms in total. The maximum absolute atomic E-state index is 13.5. The van der Waals surface area contributed by atoms with E-state index in [1.54, 1.807) is 12.1 Å². The lowest BCUT2D eigenvalue weighted by Gasteiger charge is -2.26. The fraction of sp³-hybridized carbons (Fsp3) is 0.533. The molecular weight excluding hydrogens is 241 g/mol. The molecule has 0 spiro atoms. The molecular formula is C15H20FN3. The molecule has 2 aromatic rings. The van der Waals surface area contributed by atoms with E-state index in [9.17, 15) is 4.39 Å². The van der Waals surface area contributed by atoms with Gasteiger partial charge in [0.05, 0.1) is 11.0 Å². The first-order chi connectivity index (χ1) is 9.09. The van der Waals surface area contributed by atoms with Crippen molar-refractivity contribution >= 4 is 11.0 Å². The van der Waals surface area contributed by atoms with Gasteiger partial charge in [-0.3, -0.25) is 0 Å². The van der Waals surface area contributed by atoms with Crippen molar-refractivity contribution in [1.82, 2.24) is 9.55 Å². The van der Waals surface area contributed by atoms with Crippen molar-refractivity contribution in [3.63, 3.8) is 0 Å². The third-order valence-electron chi connectivity index (χ3n) is 4.33. The van der Waals surface area contributed by atoms with E-state index < -0.39 is 0 Å². The highest BCUT2D eigenvalue weighted by atomic mass is 19.1. The number of aromatic nitrogens is 2. The van der Waals surface area contributed by atoms with Gasteiger partial charge in [0.15, 0.2) is 0 Å². The average molecular weight is 261 g/mol. The Balaban J connectivity index is 2.26. The SMILES string of the molecule is CCC(C)(CN)c1nc2ccc(F)cc2n1C1CC1. The van der Waals surface area contributed by atoms with Crippen molar-refractivity contribution in [3.8, 4) is 0 Å². The Morgan fingerprint density at radius 3 is 2.79 bits per heavy atom. The summed E-state index contributed by atoms with van der Waals surface area (Å²) in [5.41, 5.74) is 7.60. The van der Waals surface area contributed by atoms with Crippen LogP contribution in [0.1, 0.15) is 45.0 Å². The van der Waals surface area contributed by atoms with Crippen LogP contribution in [0.5, 0.6) is 0 Å². The van der Waals surface area contributed by atoms with Crippen LogP contribution in [0.15, 0.2) is 18.2 Å². The molecule has 0 amide bonds. The Bertz CT molecular complexity index is 609. The molecule has 1 saturated carbocycles. The summed E-state index contributed by atoms with van der Waals surface area (Å²) in [5.74, 6) is 0.812. The lowest BCUT2D eigenvalue weighted by atomic mass is 9.86. The lowest BCUT2D eigenvalue weighted by Crippen LogP contribution is -2.34. The summed E-state index contributed by atoms with van der Waals surface area (Å²) >= 11 is 0. The van der Waals surface area contributed by atoms with E-state index >= 15 is 0 Å². The summed E-state index contributed by atoms with van der Waals surface area (Å²) in [6, 6.07) is 5.30. The van der Waals surface area contributed by atoms with Crippen molar-refractivity contribution in [2.45, 2.75) is 44.6 Å². The Morgan fingerprint density at radius 1 is 1.47 bits per heavy atom. The van der Waals surface area contributed by atoms with E-state index in [4.69, 9.17) is 10.7 Å². The maximum Gasteiger partial charge on any atom is 0.125 e. The zero-order valence-electron chi connectivity index (χ0n) is 11.5. The quantitative estimate of drug-likeness (QED) is 0.919. The van der Waals surface area contributed by atoms with Gasteiger partial charge in [0.2, 0.25) is 0 Å². The average Bonchev–Trinajstić information content (AvgIpc) is 3.18. The van der Waals surface area contributed by atoms with Gasteiger partial charge in [0.25, 0.3) is 0 Å². The minimum Gasteiger partial charge on any atom is -0.329 e. The van der Waals surface area contributed by atoms with Crippen LogP contribution in [0, 0.1) is 5.82 Å². The van der Waals surface area contributed by atoms with Gasteiger partial charge in [-0.2, -0.15) is 0 Å². The first-order valence-corrected chi connectivity index (χ1v) is 6.97. The zero-order valence-corrected chi connectivity index (χ0v) is 11.5. The van der Waals surface area contributed by atoms with E-state index in [1.165, 1.54) is 6.07 Å².